The van der Waals surface area contributed by atoms with Gasteiger partial charge in [-0.05, 0) is 68.8 Å². The molecule has 0 spiro atoms. The first kappa shape index (κ1) is 31.5. The van der Waals surface area contributed by atoms with Crippen LogP contribution in [0, 0.1) is 5.92 Å². The van der Waals surface area contributed by atoms with Crippen molar-refractivity contribution in [2.24, 2.45) is 5.92 Å². The molecule has 5 rings (SSSR count). The molecule has 1 aromatic carbocycles. The van der Waals surface area contributed by atoms with Crippen molar-refractivity contribution in [1.82, 2.24) is 25.8 Å². The van der Waals surface area contributed by atoms with Gasteiger partial charge in [0.15, 0.2) is 5.11 Å². The predicted octanol–water partition coefficient (Wildman–Crippen LogP) is 3.00. The van der Waals surface area contributed by atoms with Crippen LogP contribution in [0.15, 0.2) is 48.8 Å². The average Bonchev–Trinajstić information content (AvgIpc) is 3.52. The van der Waals surface area contributed by atoms with E-state index in [-0.39, 0.29) is 30.7 Å². The third-order valence-electron chi connectivity index (χ3n) is 8.96. The van der Waals surface area contributed by atoms with Gasteiger partial charge in [-0.1, -0.05) is 55.8 Å². The lowest BCUT2D eigenvalue weighted by Gasteiger charge is -2.32. The van der Waals surface area contributed by atoms with Gasteiger partial charge in [0.2, 0.25) is 11.8 Å². The number of rotatable bonds is 4. The largest absolute Gasteiger partial charge is 0.479 e. The lowest BCUT2D eigenvalue weighted by Crippen LogP contribution is -2.56. The second-order valence-electron chi connectivity index (χ2n) is 12.3. The van der Waals surface area contributed by atoms with E-state index < -0.39 is 41.5 Å². The summed E-state index contributed by atoms with van der Waals surface area (Å²) in [6.45, 7) is 6.70. The standard InChI is InChI=1S/C32H41N5O6S/c1-20(2)43-31(42)34-25-13-7-5-3-4-6-12-23-17-32(23,29(40)41)35-27(38)26-16-24(19-37(26)28(25)39)33-30(44)36-15-14-21-10-8-9-11-22(21)18-36/h6,8-12,23-26H,1,3-5,7,13-19H2,2H3,(H,33,44)(H,34,42)(H,35,38)(H,40,41)/b12-6-/t23-,24-,25+,26+,32-/m1/s1. The van der Waals surface area contributed by atoms with E-state index in [2.05, 4.69) is 39.6 Å². The Bertz CT molecular complexity index is 1370. The van der Waals surface area contributed by atoms with Crippen molar-refractivity contribution < 1.29 is 29.0 Å². The molecule has 0 radical (unpaired) electrons. The summed E-state index contributed by atoms with van der Waals surface area (Å²) in [6, 6.07) is 6.02. The van der Waals surface area contributed by atoms with Gasteiger partial charge in [-0.15, -0.1) is 0 Å². The molecule has 1 aromatic rings. The highest BCUT2D eigenvalue weighted by Gasteiger charge is 2.61. The molecule has 3 amide bonds. The number of carbonyl (C=O) groups is 4. The quantitative estimate of drug-likeness (QED) is 0.226. The fourth-order valence-electron chi connectivity index (χ4n) is 6.47. The highest BCUT2D eigenvalue weighted by Crippen LogP contribution is 2.45. The van der Waals surface area contributed by atoms with Gasteiger partial charge in [-0.2, -0.15) is 0 Å². The number of fused-ring (bicyclic) bond motifs is 3. The normalized spacial score (nSPS) is 29.4. The molecule has 2 fully saturated rings. The SMILES string of the molecule is C=C(C)OC(=O)N[C@H]1CCCCC/C=C\[C@@H]2C[C@@]2(C(=O)O)NC(=O)[C@@H]2C[C@@H](NC(=S)N3CCc4ccccc4C3)CN2C1=O. The summed E-state index contributed by atoms with van der Waals surface area (Å²) in [5.41, 5.74) is 1.11. The topological polar surface area (TPSA) is 140 Å². The molecule has 3 aliphatic heterocycles. The third-order valence-corrected chi connectivity index (χ3v) is 9.34. The minimum absolute atomic E-state index is 0.165. The fraction of sp³-hybridized carbons (Fsp3) is 0.531. The first-order valence-corrected chi connectivity index (χ1v) is 15.8. The number of alkyl carbamates (subject to hydrolysis) is 1. The number of amides is 3. The van der Waals surface area contributed by atoms with E-state index in [9.17, 15) is 24.3 Å². The number of nitrogens with zero attached hydrogens (tertiary/aromatic N) is 2. The molecular formula is C32H41N5O6S. The van der Waals surface area contributed by atoms with E-state index in [1.165, 1.54) is 23.0 Å². The van der Waals surface area contributed by atoms with E-state index in [0.717, 1.165) is 32.2 Å². The van der Waals surface area contributed by atoms with Crippen LogP contribution in [0.5, 0.6) is 0 Å². The number of hydrogen-bond donors (Lipinski definition) is 4. The van der Waals surface area contributed by atoms with Gasteiger partial charge in [-0.3, -0.25) is 9.59 Å². The Labute approximate surface area is 263 Å². The molecule has 5 atom stereocenters. The maximum atomic E-state index is 14.1. The summed E-state index contributed by atoms with van der Waals surface area (Å²) >= 11 is 5.78. The summed E-state index contributed by atoms with van der Waals surface area (Å²) < 4.78 is 5.08. The first-order chi connectivity index (χ1) is 21.1. The Kier molecular flexibility index (Phi) is 9.57. The van der Waals surface area contributed by atoms with Gasteiger partial charge in [0.25, 0.3) is 0 Å². The lowest BCUT2D eigenvalue weighted by molar-refractivity contribution is -0.145. The molecule has 0 bridgehead atoms. The molecule has 12 heteroatoms. The molecule has 1 aliphatic carbocycles. The third kappa shape index (κ3) is 7.06. The second kappa shape index (κ2) is 13.4. The predicted molar refractivity (Wildman–Crippen MR) is 167 cm³/mol. The van der Waals surface area contributed by atoms with Crippen LogP contribution in [0.1, 0.15) is 63.0 Å². The Hall–Kier alpha value is -3.93. The van der Waals surface area contributed by atoms with Crippen molar-refractivity contribution in [3.63, 3.8) is 0 Å². The summed E-state index contributed by atoms with van der Waals surface area (Å²) in [6.07, 6.45) is 7.92. The number of aliphatic carboxylic acids is 1. The number of benzene rings is 1. The zero-order valence-corrected chi connectivity index (χ0v) is 25.9. The van der Waals surface area contributed by atoms with Gasteiger partial charge in [-0.25, -0.2) is 9.59 Å². The van der Waals surface area contributed by atoms with E-state index in [4.69, 9.17) is 17.0 Å². The molecule has 11 nitrogen and oxygen atoms in total. The molecule has 1 saturated carbocycles. The van der Waals surface area contributed by atoms with Crippen molar-refractivity contribution >= 4 is 41.2 Å². The summed E-state index contributed by atoms with van der Waals surface area (Å²) in [7, 11) is 0. The second-order valence-corrected chi connectivity index (χ2v) is 12.6. The Balaban J connectivity index is 1.36. The molecule has 3 heterocycles. The smallest absolute Gasteiger partial charge is 0.412 e. The Morgan fingerprint density at radius 2 is 1.93 bits per heavy atom. The Morgan fingerprint density at radius 3 is 2.68 bits per heavy atom. The highest BCUT2D eigenvalue weighted by molar-refractivity contribution is 7.80. The van der Waals surface area contributed by atoms with E-state index in [1.807, 2.05) is 24.3 Å². The molecular weight excluding hydrogens is 582 g/mol. The van der Waals surface area contributed by atoms with Crippen LogP contribution in [-0.2, 0) is 32.1 Å². The van der Waals surface area contributed by atoms with Crippen molar-refractivity contribution in [3.05, 3.63) is 59.9 Å². The van der Waals surface area contributed by atoms with Gasteiger partial charge >= 0.3 is 12.1 Å². The summed E-state index contributed by atoms with van der Waals surface area (Å²) in [5, 5.41) is 19.4. The number of allylic oxidation sites excluding steroid dienone is 2. The van der Waals surface area contributed by atoms with Crippen LogP contribution >= 0.6 is 12.2 Å². The number of carboxylic acid groups (broad SMARTS) is 1. The van der Waals surface area contributed by atoms with Crippen LogP contribution in [0.25, 0.3) is 0 Å². The van der Waals surface area contributed by atoms with Gasteiger partial charge in [0.1, 0.15) is 17.6 Å². The zero-order valence-electron chi connectivity index (χ0n) is 25.0. The number of nitrogens with one attached hydrogen (secondary N) is 3. The maximum absolute atomic E-state index is 14.1. The van der Waals surface area contributed by atoms with E-state index in [1.54, 1.807) is 0 Å². The van der Waals surface area contributed by atoms with Crippen LogP contribution in [0.4, 0.5) is 4.79 Å². The minimum atomic E-state index is -1.40. The Morgan fingerprint density at radius 1 is 1.16 bits per heavy atom. The van der Waals surface area contributed by atoms with Gasteiger partial charge < -0.3 is 35.6 Å². The fourth-order valence-corrected chi connectivity index (χ4v) is 6.79. The molecule has 0 unspecified atom stereocenters. The molecule has 236 valence electrons. The van der Waals surface area contributed by atoms with Crippen molar-refractivity contribution in [2.75, 3.05) is 13.1 Å². The molecule has 1 saturated heterocycles. The van der Waals surface area contributed by atoms with E-state index >= 15 is 0 Å². The zero-order chi connectivity index (χ0) is 31.4. The monoisotopic (exact) mass is 623 g/mol. The van der Waals surface area contributed by atoms with Gasteiger partial charge in [0, 0.05) is 31.6 Å². The lowest BCUT2D eigenvalue weighted by atomic mass is 10.0. The number of thiocarbonyl (C=S) groups is 1. The molecule has 44 heavy (non-hydrogen) atoms. The molecule has 4 N–H and O–H groups in total. The highest BCUT2D eigenvalue weighted by atomic mass is 32.1. The first-order valence-electron chi connectivity index (χ1n) is 15.4. The summed E-state index contributed by atoms with van der Waals surface area (Å²) in [4.78, 5) is 56.2. The number of carboxylic acids is 1. The number of ether oxygens (including phenoxy) is 1. The summed E-state index contributed by atoms with van der Waals surface area (Å²) in [5.74, 6) is -2.17. The van der Waals surface area contributed by atoms with Crippen LogP contribution in [0.2, 0.25) is 0 Å². The maximum Gasteiger partial charge on any atom is 0.412 e. The van der Waals surface area contributed by atoms with Crippen LogP contribution in [0.3, 0.4) is 0 Å². The van der Waals surface area contributed by atoms with Crippen LogP contribution in [-0.4, -0.2) is 80.6 Å². The van der Waals surface area contributed by atoms with Crippen molar-refractivity contribution in [2.45, 2.75) is 88.5 Å². The minimum Gasteiger partial charge on any atom is -0.479 e. The molecule has 0 aromatic heterocycles. The molecule has 4 aliphatic rings. The van der Waals surface area contributed by atoms with Crippen LogP contribution < -0.4 is 16.0 Å². The van der Waals surface area contributed by atoms with Crippen molar-refractivity contribution in [1.29, 1.82) is 0 Å². The van der Waals surface area contributed by atoms with E-state index in [0.29, 0.717) is 30.9 Å². The number of carbonyl (C=O) groups excluding carboxylic acids is 3. The van der Waals surface area contributed by atoms with Crippen molar-refractivity contribution in [3.8, 4) is 0 Å². The van der Waals surface area contributed by atoms with Gasteiger partial charge in [0.05, 0.1) is 5.76 Å². The number of hydrogen-bond acceptors (Lipinski definition) is 6. The average molecular weight is 624 g/mol.